The first-order valence-electron chi connectivity index (χ1n) is 7.62. The van der Waals surface area contributed by atoms with E-state index in [4.69, 9.17) is 4.74 Å². The van der Waals surface area contributed by atoms with Crippen molar-refractivity contribution in [3.63, 3.8) is 0 Å². The molecule has 3 aromatic rings. The summed E-state index contributed by atoms with van der Waals surface area (Å²) < 4.78 is 7.25. The van der Waals surface area contributed by atoms with Crippen LogP contribution in [0.25, 0.3) is 16.7 Å². The molecule has 1 aliphatic carbocycles. The Kier molecular flexibility index (Phi) is 3.26. The number of hydrogen-bond acceptors (Lipinski definition) is 4. The van der Waals surface area contributed by atoms with Crippen LogP contribution in [-0.4, -0.2) is 26.8 Å². The van der Waals surface area contributed by atoms with Gasteiger partial charge in [0.05, 0.1) is 12.6 Å². The van der Waals surface area contributed by atoms with E-state index in [1.165, 1.54) is 6.33 Å². The van der Waals surface area contributed by atoms with Gasteiger partial charge in [-0.3, -0.25) is 0 Å². The lowest BCUT2D eigenvalue weighted by Gasteiger charge is -2.08. The van der Waals surface area contributed by atoms with Gasteiger partial charge >= 0.3 is 0 Å². The van der Waals surface area contributed by atoms with E-state index in [2.05, 4.69) is 28.3 Å². The topological polar surface area (TPSA) is 60.2 Å². The molecule has 5 nitrogen and oxygen atoms in total. The Labute approximate surface area is 133 Å². The molecule has 0 bridgehead atoms. The molecule has 0 saturated carbocycles. The van der Waals surface area contributed by atoms with E-state index >= 15 is 0 Å². The fourth-order valence-corrected chi connectivity index (χ4v) is 3.20. The lowest BCUT2D eigenvalue weighted by Crippen LogP contribution is -1.94. The minimum Gasteiger partial charge on any atom is -0.497 e. The predicted molar refractivity (Wildman–Crippen MR) is 88.2 cm³/mol. The normalized spacial score (nSPS) is 14.7. The Morgan fingerprint density at radius 3 is 2.83 bits per heavy atom. The molecule has 0 atom stereocenters. The summed E-state index contributed by atoms with van der Waals surface area (Å²) >= 11 is 0. The second-order valence-corrected chi connectivity index (χ2v) is 5.69. The summed E-state index contributed by atoms with van der Waals surface area (Å²) in [6, 6.07) is 7.73. The van der Waals surface area contributed by atoms with Gasteiger partial charge in [-0.2, -0.15) is 0 Å². The Balaban J connectivity index is 1.95. The molecule has 0 radical (unpaired) electrons. The van der Waals surface area contributed by atoms with Crippen molar-refractivity contribution in [2.75, 3.05) is 7.11 Å². The van der Waals surface area contributed by atoms with Crippen molar-refractivity contribution >= 4 is 11.0 Å². The van der Waals surface area contributed by atoms with Crippen LogP contribution in [0.15, 0.2) is 48.9 Å². The summed E-state index contributed by atoms with van der Waals surface area (Å²) in [5, 5.41) is 10.3. The van der Waals surface area contributed by atoms with Crippen LogP contribution >= 0.6 is 0 Å². The predicted octanol–water partition coefficient (Wildman–Crippen LogP) is 3.57. The number of aromatic hydroxyl groups is 1. The molecular formula is C18H17N3O2. The number of methoxy groups -OCH3 is 1. The van der Waals surface area contributed by atoms with Crippen LogP contribution in [0.2, 0.25) is 0 Å². The molecule has 0 aliphatic heterocycles. The highest BCUT2D eigenvalue weighted by atomic mass is 16.5. The summed E-state index contributed by atoms with van der Waals surface area (Å²) in [5.41, 5.74) is 3.51. The summed E-state index contributed by atoms with van der Waals surface area (Å²) in [4.78, 5) is 8.38. The SMILES string of the molecule is COc1cccc(-n2cc(C3CC=CC3)c3ncnc(O)c32)c1. The van der Waals surface area contributed by atoms with E-state index < -0.39 is 0 Å². The summed E-state index contributed by atoms with van der Waals surface area (Å²) in [5.74, 6) is 1.17. The van der Waals surface area contributed by atoms with Crippen molar-refractivity contribution in [1.82, 2.24) is 14.5 Å². The molecule has 0 saturated heterocycles. The van der Waals surface area contributed by atoms with Gasteiger partial charge in [-0.05, 0) is 30.9 Å². The van der Waals surface area contributed by atoms with Gasteiger partial charge in [-0.25, -0.2) is 9.97 Å². The highest BCUT2D eigenvalue weighted by Crippen LogP contribution is 2.37. The van der Waals surface area contributed by atoms with Gasteiger partial charge in [0.2, 0.25) is 5.88 Å². The van der Waals surface area contributed by atoms with Crippen molar-refractivity contribution in [2.45, 2.75) is 18.8 Å². The van der Waals surface area contributed by atoms with Gasteiger partial charge in [0.1, 0.15) is 17.6 Å². The molecule has 1 aliphatic rings. The summed E-state index contributed by atoms with van der Waals surface area (Å²) in [7, 11) is 1.64. The molecule has 0 amide bonds. The van der Waals surface area contributed by atoms with Crippen LogP contribution in [0, 0.1) is 0 Å². The van der Waals surface area contributed by atoms with E-state index in [1.807, 2.05) is 28.8 Å². The van der Waals surface area contributed by atoms with E-state index in [-0.39, 0.29) is 5.88 Å². The van der Waals surface area contributed by atoms with Crippen molar-refractivity contribution in [1.29, 1.82) is 0 Å². The molecule has 1 aromatic carbocycles. The number of fused-ring (bicyclic) bond motifs is 1. The third-order valence-corrected chi connectivity index (χ3v) is 4.36. The highest BCUT2D eigenvalue weighted by Gasteiger charge is 2.22. The molecule has 1 N–H and O–H groups in total. The molecule has 0 unspecified atom stereocenters. The largest absolute Gasteiger partial charge is 0.497 e. The highest BCUT2D eigenvalue weighted by molar-refractivity contribution is 5.86. The minimum atomic E-state index is -0.00461. The van der Waals surface area contributed by atoms with Crippen LogP contribution in [-0.2, 0) is 0 Å². The lowest BCUT2D eigenvalue weighted by atomic mass is 9.99. The van der Waals surface area contributed by atoms with Crippen LogP contribution < -0.4 is 4.74 Å². The zero-order chi connectivity index (χ0) is 15.8. The van der Waals surface area contributed by atoms with Gasteiger partial charge in [0, 0.05) is 23.5 Å². The van der Waals surface area contributed by atoms with Crippen molar-refractivity contribution in [2.24, 2.45) is 0 Å². The van der Waals surface area contributed by atoms with Gasteiger partial charge in [0.15, 0.2) is 0 Å². The smallest absolute Gasteiger partial charge is 0.239 e. The van der Waals surface area contributed by atoms with Crippen LogP contribution in [0.5, 0.6) is 11.6 Å². The molecule has 4 rings (SSSR count). The van der Waals surface area contributed by atoms with Gasteiger partial charge in [-0.1, -0.05) is 18.2 Å². The number of nitrogens with zero attached hydrogens (tertiary/aromatic N) is 3. The first kappa shape index (κ1) is 13.8. The number of aromatic nitrogens is 3. The second kappa shape index (κ2) is 5.43. The quantitative estimate of drug-likeness (QED) is 0.752. The molecule has 2 aromatic heterocycles. The number of hydrogen-bond donors (Lipinski definition) is 1. The molecule has 116 valence electrons. The van der Waals surface area contributed by atoms with Crippen LogP contribution in [0.4, 0.5) is 0 Å². The molecule has 2 heterocycles. The first-order valence-corrected chi connectivity index (χ1v) is 7.62. The molecule has 0 spiro atoms. The Hall–Kier alpha value is -2.82. The average Bonchev–Trinajstić information content (AvgIpc) is 3.23. The third-order valence-electron chi connectivity index (χ3n) is 4.36. The maximum absolute atomic E-state index is 10.3. The van der Waals surface area contributed by atoms with Crippen LogP contribution in [0.1, 0.15) is 24.3 Å². The van der Waals surface area contributed by atoms with Crippen molar-refractivity contribution in [3.05, 3.63) is 54.5 Å². The molecule has 5 heteroatoms. The summed E-state index contributed by atoms with van der Waals surface area (Å²) in [6.45, 7) is 0. The molecular weight excluding hydrogens is 290 g/mol. The zero-order valence-electron chi connectivity index (χ0n) is 12.8. The van der Waals surface area contributed by atoms with E-state index in [0.29, 0.717) is 11.4 Å². The van der Waals surface area contributed by atoms with E-state index in [1.54, 1.807) is 7.11 Å². The monoisotopic (exact) mass is 307 g/mol. The third kappa shape index (κ3) is 2.25. The van der Waals surface area contributed by atoms with E-state index in [0.717, 1.165) is 35.4 Å². The van der Waals surface area contributed by atoms with Crippen molar-refractivity contribution in [3.8, 4) is 17.3 Å². The molecule has 23 heavy (non-hydrogen) atoms. The fraction of sp³-hybridized carbons (Fsp3) is 0.222. The number of allylic oxidation sites excluding steroid dienone is 2. The lowest BCUT2D eigenvalue weighted by molar-refractivity contribution is 0.414. The standard InChI is InChI=1S/C18H17N3O2/c1-23-14-8-4-7-13(9-14)21-10-15(12-5-2-3-6-12)16-17(21)18(22)20-11-19-16/h2-4,7-12H,5-6H2,1H3,(H,19,20,22). The number of benzene rings is 1. The van der Waals surface area contributed by atoms with E-state index in [9.17, 15) is 5.11 Å². The Bertz CT molecular complexity index is 890. The fourth-order valence-electron chi connectivity index (χ4n) is 3.20. The Morgan fingerprint density at radius 1 is 1.22 bits per heavy atom. The minimum absolute atomic E-state index is 0.00461. The van der Waals surface area contributed by atoms with Crippen LogP contribution in [0.3, 0.4) is 0 Å². The summed E-state index contributed by atoms with van der Waals surface area (Å²) in [6.07, 6.45) is 9.87. The van der Waals surface area contributed by atoms with Gasteiger partial charge in [0.25, 0.3) is 0 Å². The number of rotatable bonds is 3. The second-order valence-electron chi connectivity index (χ2n) is 5.69. The van der Waals surface area contributed by atoms with Gasteiger partial charge in [-0.15, -0.1) is 0 Å². The average molecular weight is 307 g/mol. The van der Waals surface area contributed by atoms with Crippen molar-refractivity contribution < 1.29 is 9.84 Å². The Morgan fingerprint density at radius 2 is 2.04 bits per heavy atom. The van der Waals surface area contributed by atoms with Gasteiger partial charge < -0.3 is 14.4 Å². The maximum atomic E-state index is 10.3. The first-order chi connectivity index (χ1) is 11.3. The zero-order valence-corrected chi connectivity index (χ0v) is 12.8. The number of ether oxygens (including phenoxy) is 1. The maximum Gasteiger partial charge on any atom is 0.239 e. The molecule has 0 fully saturated rings.